The summed E-state index contributed by atoms with van der Waals surface area (Å²) < 4.78 is 34.6. The molecule has 0 spiro atoms. The molecule has 1 atom stereocenters. The van der Waals surface area contributed by atoms with E-state index in [1.165, 1.54) is 43.2 Å². The zero-order valence-corrected chi connectivity index (χ0v) is 14.8. The topological polar surface area (TPSA) is 46.6 Å². The predicted molar refractivity (Wildman–Crippen MR) is 94.1 cm³/mol. The molecule has 1 amide bonds. The summed E-state index contributed by atoms with van der Waals surface area (Å²) in [5, 5.41) is 0. The van der Waals surface area contributed by atoms with E-state index in [0.717, 1.165) is 0 Å². The molecule has 0 radical (unpaired) electrons. The van der Waals surface area contributed by atoms with Crippen molar-refractivity contribution in [1.82, 2.24) is 0 Å². The number of alkyl halides is 2. The van der Waals surface area contributed by atoms with E-state index in [-0.39, 0.29) is 5.56 Å². The minimum atomic E-state index is -3.68. The Labute approximate surface area is 150 Å². The molecular formula is C20H19F2NO3. The van der Waals surface area contributed by atoms with E-state index < -0.39 is 29.4 Å². The van der Waals surface area contributed by atoms with Crippen molar-refractivity contribution >= 4 is 17.4 Å². The second-order valence-electron chi connectivity index (χ2n) is 6.65. The van der Waals surface area contributed by atoms with Crippen LogP contribution in [0.3, 0.4) is 0 Å². The number of carbonyl (C=O) groups excluding carboxylic acids is 2. The predicted octanol–water partition coefficient (Wildman–Crippen LogP) is 3.84. The Balaban J connectivity index is 1.93. The van der Waals surface area contributed by atoms with Crippen LogP contribution in [-0.4, -0.2) is 31.8 Å². The second-order valence-corrected chi connectivity index (χ2v) is 6.65. The molecule has 1 unspecified atom stereocenters. The lowest BCUT2D eigenvalue weighted by atomic mass is 9.77. The monoisotopic (exact) mass is 359 g/mol. The number of rotatable bonds is 5. The number of ether oxygens (including phenoxy) is 1. The molecular weight excluding hydrogens is 340 g/mol. The first-order valence-corrected chi connectivity index (χ1v) is 8.15. The summed E-state index contributed by atoms with van der Waals surface area (Å²) in [7, 11) is 3.00. The smallest absolute Gasteiger partial charge is 0.311 e. The molecule has 4 nitrogen and oxygen atoms in total. The zero-order valence-electron chi connectivity index (χ0n) is 14.8. The summed E-state index contributed by atoms with van der Waals surface area (Å²) in [6.07, 6.45) is -0.884. The van der Waals surface area contributed by atoms with Crippen molar-refractivity contribution in [3.05, 3.63) is 59.7 Å². The molecule has 0 aliphatic carbocycles. The van der Waals surface area contributed by atoms with Gasteiger partial charge in [0.05, 0.1) is 12.5 Å². The number of methoxy groups -OCH3 is 1. The van der Waals surface area contributed by atoms with Crippen molar-refractivity contribution in [2.75, 3.05) is 19.1 Å². The minimum Gasteiger partial charge on any atom is -0.497 e. The van der Waals surface area contributed by atoms with Crippen LogP contribution in [0, 0.1) is 0 Å². The molecule has 0 saturated heterocycles. The van der Waals surface area contributed by atoms with Gasteiger partial charge < -0.3 is 9.64 Å². The number of hydrogen-bond donors (Lipinski definition) is 0. The van der Waals surface area contributed by atoms with Crippen LogP contribution in [0.1, 0.15) is 29.3 Å². The molecule has 2 aromatic carbocycles. The first-order chi connectivity index (χ1) is 12.2. The van der Waals surface area contributed by atoms with Crippen LogP contribution in [0.5, 0.6) is 5.75 Å². The summed E-state index contributed by atoms with van der Waals surface area (Å²) in [4.78, 5) is 26.4. The van der Waals surface area contributed by atoms with E-state index in [9.17, 15) is 18.4 Å². The van der Waals surface area contributed by atoms with E-state index in [4.69, 9.17) is 4.74 Å². The number of amides is 1. The van der Waals surface area contributed by atoms with Gasteiger partial charge in [-0.3, -0.25) is 9.59 Å². The van der Waals surface area contributed by atoms with Crippen LogP contribution >= 0.6 is 0 Å². The van der Waals surface area contributed by atoms with Gasteiger partial charge in [-0.25, -0.2) is 0 Å². The molecule has 0 N–H and O–H groups in total. The van der Waals surface area contributed by atoms with Crippen molar-refractivity contribution in [3.63, 3.8) is 0 Å². The van der Waals surface area contributed by atoms with E-state index in [2.05, 4.69) is 0 Å². The molecule has 1 aliphatic rings. The van der Waals surface area contributed by atoms with E-state index in [0.29, 0.717) is 17.0 Å². The maximum absolute atomic E-state index is 14.8. The summed E-state index contributed by atoms with van der Waals surface area (Å²) >= 11 is 0. The standard InChI is InChI=1S/C20H19F2NO3/c1-19(15-6-4-5-7-16(15)23(2)18(19)25)12-20(21,22)17(24)13-8-10-14(26-3)11-9-13/h4-11H,12H2,1-3H3. The van der Waals surface area contributed by atoms with Gasteiger partial charge in [0.25, 0.3) is 0 Å². The molecule has 26 heavy (non-hydrogen) atoms. The molecule has 0 fully saturated rings. The van der Waals surface area contributed by atoms with E-state index in [1.54, 1.807) is 31.3 Å². The highest BCUT2D eigenvalue weighted by Crippen LogP contribution is 2.47. The summed E-state index contributed by atoms with van der Waals surface area (Å²) in [6.45, 7) is 1.47. The van der Waals surface area contributed by atoms with Crippen LogP contribution in [0.15, 0.2) is 48.5 Å². The zero-order chi connectivity index (χ0) is 19.1. The number of ketones is 1. The van der Waals surface area contributed by atoms with Crippen molar-refractivity contribution < 1.29 is 23.1 Å². The van der Waals surface area contributed by atoms with Gasteiger partial charge in [-0.05, 0) is 42.8 Å². The summed E-state index contributed by atoms with van der Waals surface area (Å²) in [6, 6.07) is 12.3. The van der Waals surface area contributed by atoms with Crippen LogP contribution in [0.25, 0.3) is 0 Å². The highest BCUT2D eigenvalue weighted by atomic mass is 19.3. The number of para-hydroxylation sites is 1. The van der Waals surface area contributed by atoms with Gasteiger partial charge in [-0.2, -0.15) is 8.78 Å². The fourth-order valence-electron chi connectivity index (χ4n) is 3.48. The molecule has 1 heterocycles. The molecule has 0 aromatic heterocycles. The van der Waals surface area contributed by atoms with Crippen LogP contribution < -0.4 is 9.64 Å². The lowest BCUT2D eigenvalue weighted by Gasteiger charge is -2.27. The number of Topliss-reactive ketones (excluding diaryl/α,β-unsaturated/α-hetero) is 1. The van der Waals surface area contributed by atoms with Crippen molar-refractivity contribution in [2.24, 2.45) is 0 Å². The molecule has 1 aliphatic heterocycles. The second kappa shape index (κ2) is 6.20. The Morgan fingerprint density at radius 3 is 2.38 bits per heavy atom. The Morgan fingerprint density at radius 2 is 1.77 bits per heavy atom. The first-order valence-electron chi connectivity index (χ1n) is 8.15. The molecule has 2 aromatic rings. The van der Waals surface area contributed by atoms with Crippen LogP contribution in [0.4, 0.5) is 14.5 Å². The Morgan fingerprint density at radius 1 is 1.15 bits per heavy atom. The Kier molecular flexibility index (Phi) is 4.30. The van der Waals surface area contributed by atoms with Gasteiger partial charge in [0.2, 0.25) is 11.7 Å². The first kappa shape index (κ1) is 18.0. The molecule has 136 valence electrons. The van der Waals surface area contributed by atoms with Crippen LogP contribution in [-0.2, 0) is 10.2 Å². The number of nitrogens with zero attached hydrogens (tertiary/aromatic N) is 1. The molecule has 3 rings (SSSR count). The highest BCUT2D eigenvalue weighted by molar-refractivity contribution is 6.09. The summed E-state index contributed by atoms with van der Waals surface area (Å²) in [5.74, 6) is -4.96. The number of carbonyl (C=O) groups is 2. The lowest BCUT2D eigenvalue weighted by molar-refractivity contribution is -0.125. The molecule has 0 bridgehead atoms. The van der Waals surface area contributed by atoms with Crippen molar-refractivity contribution in [3.8, 4) is 5.75 Å². The van der Waals surface area contributed by atoms with Crippen LogP contribution in [0.2, 0.25) is 0 Å². The lowest BCUT2D eigenvalue weighted by Crippen LogP contribution is -2.43. The SMILES string of the molecule is COc1ccc(C(=O)C(F)(F)CC2(C)C(=O)N(C)c3ccccc32)cc1. The normalized spacial score (nSPS) is 19.4. The number of likely N-dealkylation sites (N-methyl/N-ethyl adjacent to an activating group) is 1. The minimum absolute atomic E-state index is 0.119. The quantitative estimate of drug-likeness (QED) is 0.762. The molecule has 0 saturated carbocycles. The molecule has 6 heteroatoms. The average Bonchev–Trinajstić information content (AvgIpc) is 2.82. The largest absolute Gasteiger partial charge is 0.497 e. The maximum Gasteiger partial charge on any atom is 0.311 e. The number of halogens is 2. The van der Waals surface area contributed by atoms with Crippen molar-refractivity contribution in [1.29, 1.82) is 0 Å². The fourth-order valence-corrected chi connectivity index (χ4v) is 3.48. The average molecular weight is 359 g/mol. The fraction of sp³-hybridized carbons (Fsp3) is 0.300. The van der Waals surface area contributed by atoms with Gasteiger partial charge in [0, 0.05) is 24.7 Å². The Hall–Kier alpha value is -2.76. The van der Waals surface area contributed by atoms with E-state index >= 15 is 0 Å². The van der Waals surface area contributed by atoms with E-state index in [1.807, 2.05) is 0 Å². The number of benzene rings is 2. The highest BCUT2D eigenvalue weighted by Gasteiger charge is 2.54. The van der Waals surface area contributed by atoms with Gasteiger partial charge in [-0.15, -0.1) is 0 Å². The summed E-state index contributed by atoms with van der Waals surface area (Å²) in [5.41, 5.74) is -0.481. The number of fused-ring (bicyclic) bond motifs is 1. The van der Waals surface area contributed by atoms with Gasteiger partial charge in [0.15, 0.2) is 0 Å². The number of anilines is 1. The Bertz CT molecular complexity index is 864. The van der Waals surface area contributed by atoms with Crippen molar-refractivity contribution in [2.45, 2.75) is 24.7 Å². The third kappa shape index (κ3) is 2.75. The third-order valence-electron chi connectivity index (χ3n) is 4.90. The van der Waals surface area contributed by atoms with Gasteiger partial charge in [0.1, 0.15) is 5.75 Å². The van der Waals surface area contributed by atoms with Gasteiger partial charge >= 0.3 is 5.92 Å². The number of hydrogen-bond acceptors (Lipinski definition) is 3. The maximum atomic E-state index is 14.8. The third-order valence-corrected chi connectivity index (χ3v) is 4.90. The van der Waals surface area contributed by atoms with Gasteiger partial charge in [-0.1, -0.05) is 18.2 Å².